The molecule has 8 N–H and O–H groups in total. The Labute approximate surface area is 187 Å². The Hall–Kier alpha value is 1.56. The van der Waals surface area contributed by atoms with Gasteiger partial charge in [0.15, 0.2) is 12.6 Å². The van der Waals surface area contributed by atoms with Gasteiger partial charge in [0, 0.05) is 59.1 Å². The van der Waals surface area contributed by atoms with Gasteiger partial charge in [-0.3, -0.25) is 0 Å². The van der Waals surface area contributed by atoms with Crippen LogP contribution in [0.25, 0.3) is 0 Å². The van der Waals surface area contributed by atoms with Crippen LogP contribution in [0.15, 0.2) is 0 Å². The van der Waals surface area contributed by atoms with E-state index in [0.717, 1.165) is 0 Å². The molecule has 25 heavy (non-hydrogen) atoms. The predicted molar refractivity (Wildman–Crippen MR) is 80.1 cm³/mol. The molecule has 2 aliphatic rings. The van der Waals surface area contributed by atoms with Crippen molar-refractivity contribution >= 4 is 59.1 Å². The Morgan fingerprint density at radius 3 is 1.72 bits per heavy atom. The molecule has 0 aromatic heterocycles. The van der Waals surface area contributed by atoms with Gasteiger partial charge >= 0.3 is 0 Å². The van der Waals surface area contributed by atoms with E-state index in [1.807, 2.05) is 0 Å². The minimum absolute atomic E-state index is 0. The van der Waals surface area contributed by atoms with E-state index in [1.165, 1.54) is 0 Å². The first-order valence-electron chi connectivity index (χ1n) is 7.08. The molecule has 13 heteroatoms. The molecular weight excluding hydrogens is 366 g/mol. The second-order valence-corrected chi connectivity index (χ2v) is 5.53. The zero-order valence-electron chi connectivity index (χ0n) is 14.0. The molecule has 0 saturated carbocycles. The van der Waals surface area contributed by atoms with Crippen LogP contribution in [-0.2, 0) is 14.2 Å². The summed E-state index contributed by atoms with van der Waals surface area (Å²) >= 11 is 0. The van der Waals surface area contributed by atoms with E-state index in [-0.39, 0.29) is 59.1 Å². The zero-order valence-corrected chi connectivity index (χ0v) is 18.0. The Bertz CT molecular complexity index is 388. The van der Waals surface area contributed by atoms with Crippen LogP contribution in [0.3, 0.4) is 0 Å². The van der Waals surface area contributed by atoms with E-state index in [1.54, 1.807) is 0 Å². The van der Waals surface area contributed by atoms with E-state index in [9.17, 15) is 35.7 Å². The monoisotopic (exact) mass is 388 g/mol. The second-order valence-electron chi connectivity index (χ2n) is 5.53. The normalized spacial score (nSPS) is 47.5. The number of hydrogen-bond acceptors (Lipinski definition) is 11. The number of rotatable bonds is 4. The molecule has 2 saturated heterocycles. The van der Waals surface area contributed by atoms with Gasteiger partial charge in [-0.2, -0.15) is 0 Å². The molecular formula is C12H22Na2O11. The third-order valence-electron chi connectivity index (χ3n) is 3.98. The Morgan fingerprint density at radius 1 is 0.640 bits per heavy atom. The second kappa shape index (κ2) is 11.5. The minimum Gasteiger partial charge on any atom is -0.394 e. The number of hydrogen-bond donors (Lipinski definition) is 8. The fourth-order valence-electron chi connectivity index (χ4n) is 2.57. The number of aliphatic hydroxyl groups is 8. The number of ether oxygens (including phenoxy) is 3. The summed E-state index contributed by atoms with van der Waals surface area (Å²) in [5.41, 5.74) is 0. The Kier molecular flexibility index (Phi) is 12.3. The molecule has 2 fully saturated rings. The van der Waals surface area contributed by atoms with Crippen molar-refractivity contribution in [1.29, 1.82) is 0 Å². The van der Waals surface area contributed by atoms with Gasteiger partial charge in [0.05, 0.1) is 13.2 Å². The van der Waals surface area contributed by atoms with Gasteiger partial charge in [-0.25, -0.2) is 0 Å². The Morgan fingerprint density at radius 2 is 1.20 bits per heavy atom. The molecule has 11 nitrogen and oxygen atoms in total. The first kappa shape index (κ1) is 26.6. The molecule has 10 atom stereocenters. The molecule has 0 spiro atoms. The number of aliphatic hydroxyl groups excluding tert-OH is 8. The summed E-state index contributed by atoms with van der Waals surface area (Å²) < 4.78 is 15.3. The van der Waals surface area contributed by atoms with Crippen molar-refractivity contribution in [3.8, 4) is 0 Å². The summed E-state index contributed by atoms with van der Waals surface area (Å²) in [7, 11) is 0. The van der Waals surface area contributed by atoms with E-state index >= 15 is 0 Å². The van der Waals surface area contributed by atoms with Crippen LogP contribution >= 0.6 is 0 Å². The van der Waals surface area contributed by atoms with Crippen molar-refractivity contribution in [2.45, 2.75) is 61.4 Å². The van der Waals surface area contributed by atoms with Crippen LogP contribution in [-0.4, -0.2) is 175 Å². The third kappa shape index (κ3) is 5.78. The molecule has 2 heterocycles. The summed E-state index contributed by atoms with van der Waals surface area (Å²) in [6, 6.07) is 0. The van der Waals surface area contributed by atoms with Crippen LogP contribution in [0, 0.1) is 0 Å². The van der Waals surface area contributed by atoms with Gasteiger partial charge in [-0.1, -0.05) is 0 Å². The van der Waals surface area contributed by atoms with Gasteiger partial charge in [0.1, 0.15) is 48.8 Å². The van der Waals surface area contributed by atoms with Crippen molar-refractivity contribution in [2.24, 2.45) is 0 Å². The average Bonchev–Trinajstić information content (AvgIpc) is 2.55. The Balaban J connectivity index is 0.00000288. The fourth-order valence-corrected chi connectivity index (χ4v) is 2.57. The molecule has 0 bridgehead atoms. The first-order valence-corrected chi connectivity index (χ1v) is 7.08. The maximum atomic E-state index is 9.94. The SMILES string of the molecule is OC[C@H]1O[C@@H](O[C@H]2[C@H](O)[C@@H](O)C(O)O[C@@H]2CO)[C@H](O)[C@@H](O)[C@H]1O.[Na].[Na]. The molecule has 1 unspecified atom stereocenters. The quantitative estimate of drug-likeness (QED) is 0.214. The summed E-state index contributed by atoms with van der Waals surface area (Å²) in [5.74, 6) is 0. The van der Waals surface area contributed by atoms with Crippen molar-refractivity contribution in [3.63, 3.8) is 0 Å². The average molecular weight is 388 g/mol. The first-order chi connectivity index (χ1) is 10.8. The summed E-state index contributed by atoms with van der Waals surface area (Å²) in [6.45, 7) is -1.35. The predicted octanol–water partition coefficient (Wildman–Crippen LogP) is -6.16. The molecule has 2 radical (unpaired) electrons. The minimum atomic E-state index is -1.74. The van der Waals surface area contributed by atoms with Gasteiger partial charge in [-0.05, 0) is 0 Å². The molecule has 0 aromatic rings. The van der Waals surface area contributed by atoms with Crippen molar-refractivity contribution in [1.82, 2.24) is 0 Å². The van der Waals surface area contributed by atoms with Gasteiger partial charge in [0.25, 0.3) is 0 Å². The zero-order chi connectivity index (χ0) is 17.3. The summed E-state index contributed by atoms with van der Waals surface area (Å²) in [6.07, 6.45) is -15.6. The smallest absolute Gasteiger partial charge is 0.187 e. The van der Waals surface area contributed by atoms with E-state index < -0.39 is 74.6 Å². The summed E-state index contributed by atoms with van der Waals surface area (Å²) in [4.78, 5) is 0. The molecule has 2 aliphatic heterocycles. The summed E-state index contributed by atoms with van der Waals surface area (Å²) in [5, 5.41) is 76.5. The van der Waals surface area contributed by atoms with Crippen molar-refractivity contribution < 1.29 is 55.1 Å². The van der Waals surface area contributed by atoms with E-state index in [4.69, 9.17) is 19.3 Å². The molecule has 0 aromatic carbocycles. The molecule has 0 amide bonds. The van der Waals surface area contributed by atoms with Crippen LogP contribution in [0.2, 0.25) is 0 Å². The topological polar surface area (TPSA) is 190 Å². The standard InChI is InChI=1S/C12H22O11.2Na/c13-1-3-5(15)6(16)9(19)12(22-3)23-10-4(2-14)21-11(20)8(18)7(10)17;;/h3-20H,1-2H2;;/t3-,4-,5+,6+,7-,8-,9-,10-,11?,12+;;/m1../s1. The largest absolute Gasteiger partial charge is 0.394 e. The van der Waals surface area contributed by atoms with E-state index in [0.29, 0.717) is 0 Å². The van der Waals surface area contributed by atoms with Gasteiger partial charge in [0.2, 0.25) is 0 Å². The third-order valence-corrected chi connectivity index (χ3v) is 3.98. The maximum Gasteiger partial charge on any atom is 0.187 e. The van der Waals surface area contributed by atoms with Crippen LogP contribution in [0.1, 0.15) is 0 Å². The van der Waals surface area contributed by atoms with E-state index in [2.05, 4.69) is 0 Å². The van der Waals surface area contributed by atoms with Crippen LogP contribution < -0.4 is 0 Å². The van der Waals surface area contributed by atoms with Crippen molar-refractivity contribution in [3.05, 3.63) is 0 Å². The maximum absolute atomic E-state index is 9.94. The van der Waals surface area contributed by atoms with Crippen LogP contribution in [0.5, 0.6) is 0 Å². The molecule has 138 valence electrons. The van der Waals surface area contributed by atoms with Crippen LogP contribution in [0.4, 0.5) is 0 Å². The molecule has 2 rings (SSSR count). The fraction of sp³-hybridized carbons (Fsp3) is 1.00. The van der Waals surface area contributed by atoms with Gasteiger partial charge < -0.3 is 55.1 Å². The van der Waals surface area contributed by atoms with Crippen molar-refractivity contribution in [2.75, 3.05) is 13.2 Å². The molecule has 0 aliphatic carbocycles. The van der Waals surface area contributed by atoms with Gasteiger partial charge in [-0.15, -0.1) is 0 Å².